The van der Waals surface area contributed by atoms with Crippen molar-refractivity contribution in [1.82, 2.24) is 16.0 Å². The lowest BCUT2D eigenvalue weighted by molar-refractivity contribution is 0.0480. The van der Waals surface area contributed by atoms with Gasteiger partial charge in [-0.05, 0) is 159 Å². The van der Waals surface area contributed by atoms with Gasteiger partial charge in [0.2, 0.25) is 12.2 Å². The fourth-order valence-electron chi connectivity index (χ4n) is 1.52. The molecule has 0 bridgehead atoms. The summed E-state index contributed by atoms with van der Waals surface area (Å²) < 4.78 is 5.06. The summed E-state index contributed by atoms with van der Waals surface area (Å²) in [5.41, 5.74) is 3.55. The Bertz CT molecular complexity index is 849. The molecule has 0 aliphatic rings. The molecule has 0 rings (SSSR count). The van der Waals surface area contributed by atoms with Crippen LogP contribution in [0.3, 0.4) is 0 Å². The Balaban J connectivity index is -0.000000111. The predicted octanol–water partition coefficient (Wildman–Crippen LogP) is 7.56. The summed E-state index contributed by atoms with van der Waals surface area (Å²) in [4.78, 5) is 48.1. The van der Waals surface area contributed by atoms with Crippen LogP contribution in [-0.4, -0.2) is 74.3 Å². The predicted molar refractivity (Wildman–Crippen MR) is 197 cm³/mol. The summed E-state index contributed by atoms with van der Waals surface area (Å²) in [6.45, 7) is 43.2. The van der Waals surface area contributed by atoms with Gasteiger partial charge in [-0.1, -0.05) is 0 Å². The summed E-state index contributed by atoms with van der Waals surface area (Å²) >= 11 is 0. The fourth-order valence-corrected chi connectivity index (χ4v) is 1.52. The van der Waals surface area contributed by atoms with Gasteiger partial charge in [-0.3, -0.25) is 0 Å². The molecule has 0 radical (unpaired) electrons. The van der Waals surface area contributed by atoms with E-state index in [2.05, 4.69) is 25.9 Å². The van der Waals surface area contributed by atoms with Crippen molar-refractivity contribution in [1.29, 1.82) is 0 Å². The monoisotopic (exact) mass is 677 g/mol. The van der Waals surface area contributed by atoms with E-state index in [1.54, 1.807) is 20.8 Å². The minimum Gasteiger partial charge on any atom is -0.444 e. The molecule has 0 aromatic heterocycles. The van der Waals surface area contributed by atoms with Crippen molar-refractivity contribution in [3.05, 3.63) is 0 Å². The number of hydrogen-bond donors (Lipinski definition) is 5. The van der Waals surface area contributed by atoms with Crippen LogP contribution in [0.2, 0.25) is 0 Å². The number of ether oxygens (including phenoxy) is 1. The average molecular weight is 677 g/mol. The Morgan fingerprint density at radius 2 is 0.894 bits per heavy atom. The first kappa shape index (κ1) is 56.5. The number of aliphatic hydroxyl groups is 1. The van der Waals surface area contributed by atoms with Gasteiger partial charge in [0.25, 0.3) is 0 Å². The Kier molecular flexibility index (Phi) is 29.3. The molecule has 0 saturated heterocycles. The number of nitrogens with zero attached hydrogens (tertiary/aromatic N) is 2. The largest absolute Gasteiger partial charge is 0.444 e. The number of carbonyl (C=O) groups excluding carboxylic acids is 4. The maximum absolute atomic E-state index is 11.1. The van der Waals surface area contributed by atoms with E-state index < -0.39 is 11.2 Å². The molecule has 0 unspecified atom stereocenters. The van der Waals surface area contributed by atoms with E-state index in [-0.39, 0.29) is 45.9 Å². The molecule has 12 heteroatoms. The number of hydrogen-bond acceptors (Lipinski definition) is 9. The highest BCUT2D eigenvalue weighted by Crippen LogP contribution is 2.08. The van der Waals surface area contributed by atoms with Gasteiger partial charge >= 0.3 is 12.1 Å². The van der Waals surface area contributed by atoms with E-state index >= 15 is 0 Å². The Labute approximate surface area is 289 Å². The highest BCUT2D eigenvalue weighted by atomic mass is 16.6. The number of rotatable bonds is 1. The summed E-state index contributed by atoms with van der Waals surface area (Å²) in [5.74, 6) is 0. The normalized spacial score (nSPS) is 11.4. The molecule has 0 aromatic carbocycles. The van der Waals surface area contributed by atoms with Crippen LogP contribution in [0.1, 0.15) is 159 Å². The Hall–Kier alpha value is -2.78. The maximum atomic E-state index is 11.1. The van der Waals surface area contributed by atoms with E-state index in [9.17, 15) is 19.2 Å². The molecule has 12 nitrogen and oxygen atoms in total. The van der Waals surface area contributed by atoms with E-state index in [4.69, 9.17) is 15.6 Å². The number of amides is 3. The highest BCUT2D eigenvalue weighted by Gasteiger charge is 2.20. The molecule has 0 saturated carbocycles. The fraction of sp³-hybridized carbons (Fsp3) is 0.886. The zero-order chi connectivity index (χ0) is 39.9. The molecule has 3 amide bonds. The lowest BCUT2D eigenvalue weighted by Gasteiger charge is -2.25. The lowest BCUT2D eigenvalue weighted by atomic mass is 10.1. The first-order valence-corrected chi connectivity index (χ1v) is 15.8. The van der Waals surface area contributed by atoms with Crippen molar-refractivity contribution in [2.75, 3.05) is 0 Å². The molecule has 0 aromatic rings. The third-order valence-electron chi connectivity index (χ3n) is 2.55. The Morgan fingerprint density at radius 3 is 1.02 bits per heavy atom. The standard InChI is InChI=1S/C9H19NO2.C8H18N2O.2C5H9NO.C4H11N.C4H10O/c1-8(2,3)10-7(11)12-9(4,5)6;1-6(2)9-7(11)10-8(3,4)5;2*1-5(2,3)6-4-7;2*1-4(2,3)5/h1-6H3,(H,10,11);6H,1-5H3,(H2,9,10,11);2*1-3H3;5H2,1-3H3;5H,1-3H3. The summed E-state index contributed by atoms with van der Waals surface area (Å²) in [5, 5.41) is 16.8. The van der Waals surface area contributed by atoms with Crippen LogP contribution >= 0.6 is 0 Å². The van der Waals surface area contributed by atoms with E-state index in [1.165, 1.54) is 12.2 Å². The smallest absolute Gasteiger partial charge is 0.408 e. The lowest BCUT2D eigenvalue weighted by Crippen LogP contribution is -2.48. The second-order valence-electron chi connectivity index (χ2n) is 18.2. The van der Waals surface area contributed by atoms with Crippen molar-refractivity contribution in [3.8, 4) is 0 Å². The molecule has 47 heavy (non-hydrogen) atoms. The van der Waals surface area contributed by atoms with Crippen LogP contribution in [-0.2, 0) is 14.3 Å². The van der Waals surface area contributed by atoms with Crippen molar-refractivity contribution < 1.29 is 29.0 Å². The third kappa shape index (κ3) is 125. The van der Waals surface area contributed by atoms with Gasteiger partial charge in [-0.2, -0.15) is 0 Å². The van der Waals surface area contributed by atoms with Gasteiger partial charge in [0.15, 0.2) is 0 Å². The van der Waals surface area contributed by atoms with Crippen molar-refractivity contribution in [2.24, 2.45) is 15.7 Å². The van der Waals surface area contributed by atoms with Gasteiger partial charge in [0.05, 0.1) is 16.7 Å². The second kappa shape index (κ2) is 24.4. The molecule has 0 aliphatic heterocycles. The SMILES string of the molecule is CC(C)(C)N.CC(C)(C)N=C=O.CC(C)(C)N=C=O.CC(C)(C)NC(=O)OC(C)(C)C.CC(C)(C)O.CC(C)NC(=O)NC(C)(C)C. The number of nitrogens with two attached hydrogens (primary N) is 1. The molecule has 282 valence electrons. The first-order chi connectivity index (χ1) is 20.0. The summed E-state index contributed by atoms with van der Waals surface area (Å²) in [6, 6.07) is 0.0878. The van der Waals surface area contributed by atoms with Crippen molar-refractivity contribution in [2.45, 2.75) is 204 Å². The van der Waals surface area contributed by atoms with E-state index in [0.717, 1.165) is 0 Å². The third-order valence-corrected chi connectivity index (χ3v) is 2.55. The molecule has 0 fully saturated rings. The second-order valence-corrected chi connectivity index (χ2v) is 18.2. The van der Waals surface area contributed by atoms with Crippen LogP contribution in [0, 0.1) is 0 Å². The number of nitrogens with one attached hydrogen (secondary N) is 3. The van der Waals surface area contributed by atoms with Crippen LogP contribution in [0.25, 0.3) is 0 Å². The quantitative estimate of drug-likeness (QED) is 0.140. The van der Waals surface area contributed by atoms with E-state index in [1.807, 2.05) is 138 Å². The Morgan fingerprint density at radius 1 is 0.638 bits per heavy atom. The molecule has 0 heterocycles. The number of urea groups is 1. The topological polar surface area (TPSA) is 185 Å². The molecular weight excluding hydrogens is 600 g/mol. The molecule has 0 spiro atoms. The highest BCUT2D eigenvalue weighted by molar-refractivity contribution is 5.74. The van der Waals surface area contributed by atoms with Crippen LogP contribution in [0.4, 0.5) is 9.59 Å². The zero-order valence-electron chi connectivity index (χ0n) is 34.5. The molecule has 6 N–H and O–H groups in total. The van der Waals surface area contributed by atoms with Crippen LogP contribution in [0.5, 0.6) is 0 Å². The number of alkyl carbamates (subject to hydrolysis) is 1. The number of carbonyl (C=O) groups is 2. The number of aliphatic imine (C=N–C) groups is 2. The van der Waals surface area contributed by atoms with Gasteiger partial charge in [0, 0.05) is 22.7 Å². The minimum absolute atomic E-state index is 0. The van der Waals surface area contributed by atoms with Crippen LogP contribution in [0.15, 0.2) is 9.98 Å². The molecule has 0 atom stereocenters. The van der Waals surface area contributed by atoms with Gasteiger partial charge in [0.1, 0.15) is 5.60 Å². The average Bonchev–Trinajstić information content (AvgIpc) is 2.59. The zero-order valence-corrected chi connectivity index (χ0v) is 34.5. The van der Waals surface area contributed by atoms with E-state index in [0.29, 0.717) is 0 Å². The molecular formula is C35H76N6O6. The van der Waals surface area contributed by atoms with Crippen molar-refractivity contribution >= 4 is 24.3 Å². The summed E-state index contributed by atoms with van der Waals surface area (Å²) in [6.07, 6.45) is 2.60. The van der Waals surface area contributed by atoms with Gasteiger partial charge in [-0.25, -0.2) is 29.2 Å². The summed E-state index contributed by atoms with van der Waals surface area (Å²) in [7, 11) is 0. The maximum Gasteiger partial charge on any atom is 0.408 e. The first-order valence-electron chi connectivity index (χ1n) is 15.8. The van der Waals surface area contributed by atoms with Gasteiger partial charge in [-0.15, -0.1) is 0 Å². The van der Waals surface area contributed by atoms with Crippen LogP contribution < -0.4 is 21.7 Å². The van der Waals surface area contributed by atoms with Crippen molar-refractivity contribution in [3.63, 3.8) is 0 Å². The molecule has 0 aliphatic carbocycles. The number of isocyanates is 2. The minimum atomic E-state index is -0.500. The van der Waals surface area contributed by atoms with Gasteiger partial charge < -0.3 is 31.5 Å².